The van der Waals surface area contributed by atoms with E-state index in [1.807, 2.05) is 60.5 Å². The summed E-state index contributed by atoms with van der Waals surface area (Å²) in [5.41, 5.74) is 3.05. The number of hydrogen-bond acceptors (Lipinski definition) is 4. The molecule has 1 aromatic heterocycles. The van der Waals surface area contributed by atoms with Gasteiger partial charge in [0.05, 0.1) is 7.11 Å². The van der Waals surface area contributed by atoms with Crippen LogP contribution in [0.3, 0.4) is 0 Å². The van der Waals surface area contributed by atoms with Gasteiger partial charge in [0.1, 0.15) is 24.3 Å². The van der Waals surface area contributed by atoms with Crippen molar-refractivity contribution in [2.75, 3.05) is 13.7 Å². The van der Waals surface area contributed by atoms with Gasteiger partial charge in [0.2, 0.25) is 0 Å². The van der Waals surface area contributed by atoms with Crippen molar-refractivity contribution in [2.45, 2.75) is 46.0 Å². The first-order valence-electron chi connectivity index (χ1n) is 9.57. The molecule has 1 unspecified atom stereocenters. The number of nitrogens with zero attached hydrogens (tertiary/aromatic N) is 1. The molecule has 0 aliphatic carbocycles. The van der Waals surface area contributed by atoms with E-state index in [2.05, 4.69) is 25.8 Å². The minimum absolute atomic E-state index is 0.192. The lowest BCUT2D eigenvalue weighted by Crippen LogP contribution is -2.49. The van der Waals surface area contributed by atoms with E-state index in [4.69, 9.17) is 9.47 Å². The molecule has 2 aromatic carbocycles. The smallest absolute Gasteiger partial charge is 0.142 e. The number of H-pyrrole nitrogens is 1. The molecule has 0 amide bonds. The summed E-state index contributed by atoms with van der Waals surface area (Å²) >= 11 is 0. The number of ether oxygens (including phenoxy) is 2. The predicted molar refractivity (Wildman–Crippen MR) is 113 cm³/mol. The summed E-state index contributed by atoms with van der Waals surface area (Å²) in [6, 6.07) is 13.9. The first-order chi connectivity index (χ1) is 13.3. The van der Waals surface area contributed by atoms with Crippen molar-refractivity contribution in [1.82, 2.24) is 9.88 Å². The van der Waals surface area contributed by atoms with Gasteiger partial charge in [-0.25, -0.2) is 0 Å². The van der Waals surface area contributed by atoms with Crippen LogP contribution in [0.4, 0.5) is 0 Å². The zero-order valence-electron chi connectivity index (χ0n) is 17.3. The highest BCUT2D eigenvalue weighted by molar-refractivity contribution is 5.89. The maximum Gasteiger partial charge on any atom is 0.142 e. The number of aromatic amines is 1. The molecule has 0 saturated heterocycles. The average Bonchev–Trinajstić information content (AvgIpc) is 3.05. The number of aryl methyl sites for hydroxylation is 1. The molecule has 0 aliphatic heterocycles. The Bertz CT molecular complexity index is 910. The predicted octanol–water partition coefficient (Wildman–Crippen LogP) is 4.48. The molecule has 5 heteroatoms. The Hall–Kier alpha value is -2.50. The molecular formula is C23H30N2O3. The van der Waals surface area contributed by atoms with Crippen LogP contribution in [-0.2, 0) is 6.54 Å². The monoisotopic (exact) mass is 382 g/mol. The van der Waals surface area contributed by atoms with Crippen molar-refractivity contribution in [3.8, 4) is 11.5 Å². The van der Waals surface area contributed by atoms with Gasteiger partial charge < -0.3 is 19.6 Å². The Labute approximate surface area is 166 Å². The zero-order valence-corrected chi connectivity index (χ0v) is 17.3. The van der Waals surface area contributed by atoms with E-state index >= 15 is 0 Å². The summed E-state index contributed by atoms with van der Waals surface area (Å²) in [6.45, 7) is 9.14. The molecule has 3 aromatic rings. The Kier molecular flexibility index (Phi) is 5.96. The van der Waals surface area contributed by atoms with Crippen LogP contribution in [-0.4, -0.2) is 40.5 Å². The molecular weight excluding hydrogens is 352 g/mol. The van der Waals surface area contributed by atoms with E-state index in [0.717, 1.165) is 33.5 Å². The summed E-state index contributed by atoms with van der Waals surface area (Å²) in [5, 5.41) is 12.0. The number of rotatable bonds is 7. The van der Waals surface area contributed by atoms with Gasteiger partial charge in [-0.2, -0.15) is 0 Å². The van der Waals surface area contributed by atoms with Crippen LogP contribution in [0.25, 0.3) is 10.9 Å². The Balaban J connectivity index is 1.74. The molecule has 0 saturated carbocycles. The van der Waals surface area contributed by atoms with Crippen molar-refractivity contribution >= 4 is 10.9 Å². The second-order valence-electron chi connectivity index (χ2n) is 8.09. The van der Waals surface area contributed by atoms with Gasteiger partial charge in [0.25, 0.3) is 0 Å². The van der Waals surface area contributed by atoms with E-state index in [-0.39, 0.29) is 12.1 Å². The average molecular weight is 383 g/mol. The Morgan fingerprint density at radius 1 is 1.11 bits per heavy atom. The maximum absolute atomic E-state index is 10.9. The normalized spacial score (nSPS) is 13.1. The summed E-state index contributed by atoms with van der Waals surface area (Å²) in [4.78, 5) is 5.28. The summed E-state index contributed by atoms with van der Waals surface area (Å²) in [6.07, 6.45) is 1.23. The van der Waals surface area contributed by atoms with E-state index in [0.29, 0.717) is 6.54 Å². The van der Waals surface area contributed by atoms with Gasteiger partial charge >= 0.3 is 0 Å². The number of aliphatic hydroxyl groups excluding tert-OH is 1. The quantitative estimate of drug-likeness (QED) is 0.592. The summed E-state index contributed by atoms with van der Waals surface area (Å²) < 4.78 is 11.3. The number of benzene rings is 2. The Morgan fingerprint density at radius 2 is 1.82 bits per heavy atom. The van der Waals surface area contributed by atoms with Crippen LogP contribution in [0.1, 0.15) is 31.9 Å². The fourth-order valence-corrected chi connectivity index (χ4v) is 3.41. The van der Waals surface area contributed by atoms with Crippen molar-refractivity contribution in [3.63, 3.8) is 0 Å². The topological polar surface area (TPSA) is 57.7 Å². The van der Waals surface area contributed by atoms with Crippen LogP contribution in [0, 0.1) is 6.92 Å². The third-order valence-corrected chi connectivity index (χ3v) is 4.99. The highest BCUT2D eigenvalue weighted by Gasteiger charge is 2.28. The van der Waals surface area contributed by atoms with E-state index < -0.39 is 6.23 Å². The third kappa shape index (κ3) is 4.49. The molecule has 0 radical (unpaired) electrons. The zero-order chi connectivity index (χ0) is 20.3. The molecule has 2 N–H and O–H groups in total. The molecule has 5 nitrogen and oxygen atoms in total. The SMILES string of the molecule is COc1ccc(CN(C(O)COc2cccc3[nH]cc(C)c23)C(C)(C)C)cc1. The largest absolute Gasteiger partial charge is 0.497 e. The molecule has 0 spiro atoms. The lowest BCUT2D eigenvalue weighted by atomic mass is 10.0. The van der Waals surface area contributed by atoms with Gasteiger partial charge in [0, 0.05) is 29.2 Å². The van der Waals surface area contributed by atoms with Crippen molar-refractivity contribution in [3.05, 3.63) is 59.8 Å². The molecule has 150 valence electrons. The lowest BCUT2D eigenvalue weighted by molar-refractivity contribution is -0.0783. The summed E-state index contributed by atoms with van der Waals surface area (Å²) in [7, 11) is 1.66. The number of hydrogen-bond donors (Lipinski definition) is 2. The van der Waals surface area contributed by atoms with Gasteiger partial charge in [0.15, 0.2) is 0 Å². The number of fused-ring (bicyclic) bond motifs is 1. The number of nitrogens with one attached hydrogen (secondary N) is 1. The number of aliphatic hydroxyl groups is 1. The van der Waals surface area contributed by atoms with Gasteiger partial charge in [-0.15, -0.1) is 0 Å². The van der Waals surface area contributed by atoms with Crippen LogP contribution in [0.15, 0.2) is 48.7 Å². The van der Waals surface area contributed by atoms with Gasteiger partial charge in [-0.3, -0.25) is 4.90 Å². The maximum atomic E-state index is 10.9. The fourth-order valence-electron chi connectivity index (χ4n) is 3.41. The third-order valence-electron chi connectivity index (χ3n) is 4.99. The van der Waals surface area contributed by atoms with Gasteiger partial charge in [-0.05, 0) is 63.1 Å². The van der Waals surface area contributed by atoms with Crippen molar-refractivity contribution in [1.29, 1.82) is 0 Å². The molecule has 1 heterocycles. The van der Waals surface area contributed by atoms with Crippen LogP contribution < -0.4 is 9.47 Å². The first kappa shape index (κ1) is 20.2. The highest BCUT2D eigenvalue weighted by Crippen LogP contribution is 2.29. The van der Waals surface area contributed by atoms with E-state index in [1.54, 1.807) is 7.11 Å². The van der Waals surface area contributed by atoms with Crippen molar-refractivity contribution < 1.29 is 14.6 Å². The lowest BCUT2D eigenvalue weighted by Gasteiger charge is -2.39. The number of aromatic nitrogens is 1. The minimum Gasteiger partial charge on any atom is -0.497 e. The molecule has 28 heavy (non-hydrogen) atoms. The standard InChI is InChI=1S/C23H30N2O3/c1-16-13-24-19-7-6-8-20(22(16)19)28-15-21(26)25(23(2,3)4)14-17-9-11-18(27-5)12-10-17/h6-13,21,24,26H,14-15H2,1-5H3. The molecule has 0 fully saturated rings. The number of methoxy groups -OCH3 is 1. The molecule has 1 atom stereocenters. The van der Waals surface area contributed by atoms with Crippen LogP contribution >= 0.6 is 0 Å². The van der Waals surface area contributed by atoms with Crippen molar-refractivity contribution in [2.24, 2.45) is 0 Å². The first-order valence-corrected chi connectivity index (χ1v) is 9.57. The molecule has 3 rings (SSSR count). The minimum atomic E-state index is -0.739. The van der Waals surface area contributed by atoms with E-state index in [1.165, 1.54) is 0 Å². The van der Waals surface area contributed by atoms with Crippen LogP contribution in [0.5, 0.6) is 11.5 Å². The molecule has 0 aliphatic rings. The Morgan fingerprint density at radius 3 is 2.46 bits per heavy atom. The van der Waals surface area contributed by atoms with E-state index in [9.17, 15) is 5.11 Å². The fraction of sp³-hybridized carbons (Fsp3) is 0.391. The van der Waals surface area contributed by atoms with Crippen LogP contribution in [0.2, 0.25) is 0 Å². The summed E-state index contributed by atoms with van der Waals surface area (Å²) in [5.74, 6) is 1.61. The second kappa shape index (κ2) is 8.25. The highest BCUT2D eigenvalue weighted by atomic mass is 16.5. The van der Waals surface area contributed by atoms with Gasteiger partial charge in [-0.1, -0.05) is 18.2 Å². The second-order valence-corrected chi connectivity index (χ2v) is 8.09. The molecule has 0 bridgehead atoms.